The van der Waals surface area contributed by atoms with Crippen LogP contribution in [0.15, 0.2) is 52.7 Å². The van der Waals surface area contributed by atoms with Crippen molar-refractivity contribution in [3.8, 4) is 23.0 Å². The van der Waals surface area contributed by atoms with Gasteiger partial charge in [-0.25, -0.2) is 9.79 Å². The predicted octanol–water partition coefficient (Wildman–Crippen LogP) is 3.93. The Labute approximate surface area is 220 Å². The molecular formula is C26H31N3O7S. The summed E-state index contributed by atoms with van der Waals surface area (Å²) in [4.78, 5) is 30.2. The van der Waals surface area contributed by atoms with Gasteiger partial charge in [-0.05, 0) is 43.7 Å². The highest BCUT2D eigenvalue weighted by molar-refractivity contribution is 8.14. The Bertz CT molecular complexity index is 1190. The van der Waals surface area contributed by atoms with Crippen molar-refractivity contribution in [3.05, 3.63) is 53.2 Å². The van der Waals surface area contributed by atoms with Gasteiger partial charge in [-0.2, -0.15) is 0 Å². The number of allylic oxidation sites excluding steroid dienone is 1. The van der Waals surface area contributed by atoms with Crippen LogP contribution in [0.25, 0.3) is 0 Å². The number of rotatable bonds is 10. The maximum Gasteiger partial charge on any atom is 0.338 e. The number of anilines is 1. The van der Waals surface area contributed by atoms with Gasteiger partial charge in [0.25, 0.3) is 0 Å². The van der Waals surface area contributed by atoms with Gasteiger partial charge >= 0.3 is 5.97 Å². The third-order valence-corrected chi connectivity index (χ3v) is 6.30. The van der Waals surface area contributed by atoms with E-state index in [1.807, 2.05) is 0 Å². The fourth-order valence-electron chi connectivity index (χ4n) is 3.73. The predicted molar refractivity (Wildman–Crippen MR) is 143 cm³/mol. The van der Waals surface area contributed by atoms with Gasteiger partial charge in [0.2, 0.25) is 11.7 Å². The number of nitrogens with one attached hydrogen (secondary N) is 2. The summed E-state index contributed by atoms with van der Waals surface area (Å²) in [5.41, 5.74) is 2.18. The summed E-state index contributed by atoms with van der Waals surface area (Å²) in [5, 5.41) is 6.45. The van der Waals surface area contributed by atoms with E-state index < -0.39 is 12.0 Å². The molecule has 1 amide bonds. The van der Waals surface area contributed by atoms with Crippen molar-refractivity contribution >= 4 is 34.5 Å². The molecule has 2 aromatic rings. The summed E-state index contributed by atoms with van der Waals surface area (Å²) in [6.45, 7) is 3.72. The van der Waals surface area contributed by atoms with E-state index in [2.05, 4.69) is 10.6 Å². The molecule has 0 saturated carbocycles. The van der Waals surface area contributed by atoms with Crippen molar-refractivity contribution in [1.29, 1.82) is 0 Å². The second-order valence-electron chi connectivity index (χ2n) is 7.75. The highest BCUT2D eigenvalue weighted by atomic mass is 32.2. The molecule has 0 spiro atoms. The Morgan fingerprint density at radius 3 is 2.32 bits per heavy atom. The van der Waals surface area contributed by atoms with Gasteiger partial charge in [0.1, 0.15) is 11.8 Å². The van der Waals surface area contributed by atoms with Crippen LogP contribution in [0, 0.1) is 0 Å². The minimum atomic E-state index is -0.724. The van der Waals surface area contributed by atoms with Crippen LogP contribution >= 0.6 is 11.8 Å². The van der Waals surface area contributed by atoms with Crippen molar-refractivity contribution < 1.29 is 33.3 Å². The average molecular weight is 530 g/mol. The summed E-state index contributed by atoms with van der Waals surface area (Å²) in [7, 11) is 6.11. The lowest BCUT2D eigenvalue weighted by molar-refractivity contribution is -0.139. The Morgan fingerprint density at radius 1 is 1.03 bits per heavy atom. The number of hydrogen-bond donors (Lipinski definition) is 2. The van der Waals surface area contributed by atoms with Gasteiger partial charge in [-0.1, -0.05) is 17.8 Å². The monoisotopic (exact) mass is 529 g/mol. The number of methoxy groups -OCH3 is 4. The first-order chi connectivity index (χ1) is 17.8. The summed E-state index contributed by atoms with van der Waals surface area (Å²) >= 11 is 1.21. The van der Waals surface area contributed by atoms with Crippen molar-refractivity contribution in [2.45, 2.75) is 19.9 Å². The minimum absolute atomic E-state index is 0.0903. The van der Waals surface area contributed by atoms with Crippen LogP contribution in [0.5, 0.6) is 23.0 Å². The zero-order chi connectivity index (χ0) is 26.9. The second kappa shape index (κ2) is 12.9. The van der Waals surface area contributed by atoms with Crippen molar-refractivity contribution in [1.82, 2.24) is 5.32 Å². The van der Waals surface area contributed by atoms with Crippen molar-refractivity contribution in [2.24, 2.45) is 4.99 Å². The molecule has 3 rings (SSSR count). The molecule has 10 nitrogen and oxygen atoms in total. The number of nitrogens with zero attached hydrogens (tertiary/aromatic N) is 1. The highest BCUT2D eigenvalue weighted by Gasteiger charge is 2.32. The maximum absolute atomic E-state index is 12.9. The van der Waals surface area contributed by atoms with Crippen LogP contribution in [0.2, 0.25) is 0 Å². The molecule has 2 N–H and O–H groups in total. The molecule has 0 bridgehead atoms. The number of hydrogen-bond acceptors (Lipinski definition) is 10. The largest absolute Gasteiger partial charge is 0.497 e. The van der Waals surface area contributed by atoms with Gasteiger partial charge < -0.3 is 34.3 Å². The normalized spacial score (nSPS) is 14.8. The lowest BCUT2D eigenvalue weighted by Crippen LogP contribution is -2.31. The van der Waals surface area contributed by atoms with E-state index in [4.69, 9.17) is 28.7 Å². The van der Waals surface area contributed by atoms with Crippen LogP contribution in [0.4, 0.5) is 5.69 Å². The minimum Gasteiger partial charge on any atom is -0.497 e. The third kappa shape index (κ3) is 6.67. The summed E-state index contributed by atoms with van der Waals surface area (Å²) < 4.78 is 26.9. The first kappa shape index (κ1) is 27.7. The van der Waals surface area contributed by atoms with E-state index in [1.54, 1.807) is 57.4 Å². The topological polar surface area (TPSA) is 117 Å². The van der Waals surface area contributed by atoms with E-state index in [9.17, 15) is 9.59 Å². The molecule has 2 aromatic carbocycles. The van der Waals surface area contributed by atoms with Gasteiger partial charge in [0.15, 0.2) is 16.7 Å². The number of carbonyl (C=O) groups excluding carboxylic acids is 2. The number of thioether (sulfide) groups is 1. The van der Waals surface area contributed by atoms with E-state index in [0.717, 1.165) is 0 Å². The molecule has 1 aliphatic heterocycles. The second-order valence-corrected chi connectivity index (χ2v) is 8.71. The Morgan fingerprint density at radius 2 is 1.73 bits per heavy atom. The molecular weight excluding hydrogens is 498 g/mol. The number of benzene rings is 2. The molecule has 0 saturated heterocycles. The van der Waals surface area contributed by atoms with E-state index in [1.165, 1.54) is 33.1 Å². The van der Waals surface area contributed by atoms with Crippen LogP contribution < -0.4 is 29.6 Å². The molecule has 1 heterocycles. The number of aliphatic imine (C=N–C) groups is 1. The molecule has 198 valence electrons. The number of esters is 1. The quantitative estimate of drug-likeness (QED) is 0.442. The van der Waals surface area contributed by atoms with E-state index >= 15 is 0 Å². The Hall–Kier alpha value is -3.86. The van der Waals surface area contributed by atoms with Crippen LogP contribution in [0.3, 0.4) is 0 Å². The lowest BCUT2D eigenvalue weighted by Gasteiger charge is -2.26. The first-order valence-electron chi connectivity index (χ1n) is 11.4. The highest BCUT2D eigenvalue weighted by Crippen LogP contribution is 2.43. The van der Waals surface area contributed by atoms with Crippen LogP contribution in [0.1, 0.15) is 25.5 Å². The number of amidine groups is 1. The average Bonchev–Trinajstić information content (AvgIpc) is 2.90. The smallest absolute Gasteiger partial charge is 0.338 e. The molecule has 11 heteroatoms. The molecule has 0 unspecified atom stereocenters. The first-order valence-corrected chi connectivity index (χ1v) is 12.4. The van der Waals surface area contributed by atoms with E-state index in [0.29, 0.717) is 50.7 Å². The van der Waals surface area contributed by atoms with Gasteiger partial charge in [0.05, 0.1) is 46.4 Å². The number of ether oxygens (including phenoxy) is 5. The third-order valence-electron chi connectivity index (χ3n) is 5.41. The molecule has 0 radical (unpaired) electrons. The number of carbonyl (C=O) groups is 2. The Balaban J connectivity index is 1.89. The van der Waals surface area contributed by atoms with Gasteiger partial charge in [-0.3, -0.25) is 4.79 Å². The lowest BCUT2D eigenvalue weighted by atomic mass is 9.96. The fraction of sp³-hybridized carbons (Fsp3) is 0.346. The Kier molecular flexibility index (Phi) is 9.67. The summed E-state index contributed by atoms with van der Waals surface area (Å²) in [6.07, 6.45) is 0. The SMILES string of the molecule is CCOC(=O)C1=C(C)NC(SCC(=O)Nc2cccc(OC)c2)=N[C@H]1c1cc(OC)c(OC)c(OC)c1. The van der Waals surface area contributed by atoms with Crippen LogP contribution in [-0.4, -0.2) is 57.8 Å². The zero-order valence-electron chi connectivity index (χ0n) is 21.7. The van der Waals surface area contributed by atoms with Crippen LogP contribution in [-0.2, 0) is 14.3 Å². The van der Waals surface area contributed by atoms with Crippen molar-refractivity contribution in [2.75, 3.05) is 46.1 Å². The zero-order valence-corrected chi connectivity index (χ0v) is 22.5. The molecule has 0 fully saturated rings. The molecule has 0 aromatic heterocycles. The summed E-state index contributed by atoms with van der Waals surface area (Å²) in [6, 6.07) is 9.86. The van der Waals surface area contributed by atoms with Gasteiger partial charge in [0, 0.05) is 17.5 Å². The molecule has 37 heavy (non-hydrogen) atoms. The standard InChI is InChI=1S/C26H31N3O7S/c1-7-36-25(31)22-15(2)27-26(37-14-21(30)28-17-9-8-10-18(13-17)32-3)29-23(22)16-11-19(33-4)24(35-6)20(12-16)34-5/h8-13,23H,7,14H2,1-6H3,(H,27,29)(H,28,30)/t23-/m0/s1. The molecule has 1 aliphatic rings. The summed E-state index contributed by atoms with van der Waals surface area (Å²) in [5.74, 6) is 1.31. The number of amides is 1. The molecule has 0 aliphatic carbocycles. The van der Waals surface area contributed by atoms with Crippen molar-refractivity contribution in [3.63, 3.8) is 0 Å². The maximum atomic E-state index is 12.9. The fourth-order valence-corrected chi connectivity index (χ4v) is 4.47. The van der Waals surface area contributed by atoms with Gasteiger partial charge in [-0.15, -0.1) is 0 Å². The molecule has 1 atom stereocenters. The van der Waals surface area contributed by atoms with E-state index in [-0.39, 0.29) is 18.3 Å².